The monoisotopic (exact) mass is 257 g/mol. The Morgan fingerprint density at radius 3 is 2.68 bits per heavy atom. The number of nitrogens with one attached hydrogen (secondary N) is 1. The molecule has 0 aliphatic rings. The van der Waals surface area contributed by atoms with E-state index in [4.69, 9.17) is 0 Å². The van der Waals surface area contributed by atoms with E-state index in [2.05, 4.69) is 20.3 Å². The molecule has 2 heterocycles. The minimum Gasteiger partial charge on any atom is -0.327 e. The highest BCUT2D eigenvalue weighted by Crippen LogP contribution is 2.02. The third kappa shape index (κ3) is 4.02. The van der Waals surface area contributed by atoms with Crippen LogP contribution < -0.4 is 5.32 Å². The number of likely N-dealkylation sites (N-methyl/N-ethyl adjacent to an activating group) is 1. The molecular formula is C13H15N5O. The molecule has 98 valence electrons. The summed E-state index contributed by atoms with van der Waals surface area (Å²) in [5.74, 6) is 0.447. The van der Waals surface area contributed by atoms with E-state index in [-0.39, 0.29) is 6.03 Å². The van der Waals surface area contributed by atoms with Gasteiger partial charge >= 0.3 is 6.03 Å². The Bertz CT molecular complexity index is 517. The summed E-state index contributed by atoms with van der Waals surface area (Å²) >= 11 is 0. The molecular weight excluding hydrogens is 242 g/mol. The van der Waals surface area contributed by atoms with Crippen molar-refractivity contribution in [3.63, 3.8) is 0 Å². The highest BCUT2D eigenvalue weighted by Gasteiger charge is 2.09. The number of hydrogen-bond acceptors (Lipinski definition) is 4. The molecule has 0 aromatic carbocycles. The molecule has 0 bridgehead atoms. The first-order valence-electron chi connectivity index (χ1n) is 5.93. The van der Waals surface area contributed by atoms with Crippen molar-refractivity contribution >= 4 is 11.8 Å². The first-order chi connectivity index (χ1) is 9.25. The molecule has 0 saturated heterocycles. The van der Waals surface area contributed by atoms with E-state index >= 15 is 0 Å². The van der Waals surface area contributed by atoms with Crippen molar-refractivity contribution in [3.05, 3.63) is 48.7 Å². The fourth-order valence-corrected chi connectivity index (χ4v) is 1.52. The first-order valence-corrected chi connectivity index (χ1v) is 5.93. The minimum absolute atomic E-state index is 0.199. The van der Waals surface area contributed by atoms with Crippen LogP contribution in [0, 0.1) is 0 Å². The third-order valence-corrected chi connectivity index (χ3v) is 2.63. The molecule has 0 atom stereocenters. The van der Waals surface area contributed by atoms with Gasteiger partial charge in [0.15, 0.2) is 5.82 Å². The largest absolute Gasteiger partial charge is 0.327 e. The number of hydrogen-bond donors (Lipinski definition) is 1. The summed E-state index contributed by atoms with van der Waals surface area (Å²) in [7, 11) is 1.74. The summed E-state index contributed by atoms with van der Waals surface area (Å²) in [5, 5.41) is 2.68. The molecule has 2 aromatic rings. The average Bonchev–Trinajstić information content (AvgIpc) is 2.47. The lowest BCUT2D eigenvalue weighted by Gasteiger charge is -2.17. The lowest BCUT2D eigenvalue weighted by molar-refractivity contribution is 0.223. The van der Waals surface area contributed by atoms with Crippen molar-refractivity contribution in [2.24, 2.45) is 0 Å². The van der Waals surface area contributed by atoms with E-state index < -0.39 is 0 Å². The smallest absolute Gasteiger partial charge is 0.322 e. The number of carbonyl (C=O) groups excluding carboxylic acids is 1. The van der Waals surface area contributed by atoms with Gasteiger partial charge in [-0.15, -0.1) is 0 Å². The van der Waals surface area contributed by atoms with E-state index in [1.807, 2.05) is 12.1 Å². The predicted molar refractivity (Wildman–Crippen MR) is 71.6 cm³/mol. The SMILES string of the molecule is CN(CCc1ccncc1)C(=O)Nc1cnccn1. The molecule has 0 aliphatic heterocycles. The van der Waals surface area contributed by atoms with Gasteiger partial charge in [0.25, 0.3) is 0 Å². The number of aromatic nitrogens is 3. The zero-order valence-electron chi connectivity index (χ0n) is 10.7. The second kappa shape index (κ2) is 6.44. The van der Waals surface area contributed by atoms with Crippen LogP contribution in [-0.4, -0.2) is 39.5 Å². The number of urea groups is 1. The number of nitrogens with zero attached hydrogens (tertiary/aromatic N) is 4. The van der Waals surface area contributed by atoms with Crippen LogP contribution >= 0.6 is 0 Å². The highest BCUT2D eigenvalue weighted by molar-refractivity contribution is 5.87. The van der Waals surface area contributed by atoms with Crippen LogP contribution in [0.4, 0.5) is 10.6 Å². The van der Waals surface area contributed by atoms with Crippen LogP contribution in [0.2, 0.25) is 0 Å². The zero-order chi connectivity index (χ0) is 13.5. The molecule has 2 aromatic heterocycles. The van der Waals surface area contributed by atoms with Crippen molar-refractivity contribution in [1.29, 1.82) is 0 Å². The van der Waals surface area contributed by atoms with Gasteiger partial charge in [0.05, 0.1) is 6.20 Å². The quantitative estimate of drug-likeness (QED) is 0.902. The number of rotatable bonds is 4. The standard InChI is InChI=1S/C13H15N5O/c1-18(9-4-11-2-5-14-6-3-11)13(19)17-12-10-15-7-8-16-12/h2-3,5-8,10H,4,9H2,1H3,(H,16,17,19). The Kier molecular flexibility index (Phi) is 4.39. The number of pyridine rings is 1. The zero-order valence-corrected chi connectivity index (χ0v) is 10.7. The van der Waals surface area contributed by atoms with Gasteiger partial charge in [-0.3, -0.25) is 15.3 Å². The van der Waals surface area contributed by atoms with Crippen LogP contribution in [0.15, 0.2) is 43.1 Å². The Morgan fingerprint density at radius 1 is 1.21 bits per heavy atom. The summed E-state index contributed by atoms with van der Waals surface area (Å²) < 4.78 is 0. The van der Waals surface area contributed by atoms with Crippen molar-refractivity contribution in [1.82, 2.24) is 19.9 Å². The van der Waals surface area contributed by atoms with Crippen molar-refractivity contribution < 1.29 is 4.79 Å². The lowest BCUT2D eigenvalue weighted by atomic mass is 10.2. The van der Waals surface area contributed by atoms with Crippen LogP contribution in [0.3, 0.4) is 0 Å². The Morgan fingerprint density at radius 2 is 2.00 bits per heavy atom. The molecule has 6 nitrogen and oxygen atoms in total. The number of carbonyl (C=O) groups is 1. The van der Waals surface area contributed by atoms with Gasteiger partial charge < -0.3 is 4.90 Å². The fraction of sp³-hybridized carbons (Fsp3) is 0.231. The maximum absolute atomic E-state index is 11.9. The Labute approximate surface area is 111 Å². The first kappa shape index (κ1) is 12.9. The van der Waals surface area contributed by atoms with Gasteiger partial charge in [-0.25, -0.2) is 9.78 Å². The summed E-state index contributed by atoms with van der Waals surface area (Å²) in [5.41, 5.74) is 1.15. The molecule has 6 heteroatoms. The van der Waals surface area contributed by atoms with E-state index in [9.17, 15) is 4.79 Å². The normalized spacial score (nSPS) is 9.95. The molecule has 19 heavy (non-hydrogen) atoms. The van der Waals surface area contributed by atoms with Crippen LogP contribution in [0.25, 0.3) is 0 Å². The lowest BCUT2D eigenvalue weighted by Crippen LogP contribution is -2.33. The minimum atomic E-state index is -0.199. The predicted octanol–water partition coefficient (Wildman–Crippen LogP) is 1.58. The molecule has 1 N–H and O–H groups in total. The fourth-order valence-electron chi connectivity index (χ4n) is 1.52. The van der Waals surface area contributed by atoms with Gasteiger partial charge in [-0.1, -0.05) is 0 Å². The third-order valence-electron chi connectivity index (χ3n) is 2.63. The second-order valence-electron chi connectivity index (χ2n) is 4.05. The molecule has 0 saturated carbocycles. The van der Waals surface area contributed by atoms with E-state index in [1.165, 1.54) is 12.4 Å². The molecule has 2 amide bonds. The van der Waals surface area contributed by atoms with Gasteiger partial charge in [0.2, 0.25) is 0 Å². The summed E-state index contributed by atoms with van der Waals surface area (Å²) in [6.07, 6.45) is 8.88. The van der Waals surface area contributed by atoms with Crippen molar-refractivity contribution in [3.8, 4) is 0 Å². The van der Waals surface area contributed by atoms with Crippen LogP contribution in [-0.2, 0) is 6.42 Å². The molecule has 0 unspecified atom stereocenters. The van der Waals surface area contributed by atoms with E-state index in [0.29, 0.717) is 12.4 Å². The topological polar surface area (TPSA) is 71.0 Å². The van der Waals surface area contributed by atoms with Crippen LogP contribution in [0.5, 0.6) is 0 Å². The molecule has 0 spiro atoms. The molecule has 0 aliphatic carbocycles. The maximum Gasteiger partial charge on any atom is 0.322 e. The van der Waals surface area contributed by atoms with Gasteiger partial charge in [0, 0.05) is 38.4 Å². The average molecular weight is 257 g/mol. The summed E-state index contributed by atoms with van der Waals surface area (Å²) in [6, 6.07) is 3.68. The van der Waals surface area contributed by atoms with E-state index in [1.54, 1.807) is 30.5 Å². The molecule has 2 rings (SSSR count). The number of anilines is 1. The van der Waals surface area contributed by atoms with Crippen LogP contribution in [0.1, 0.15) is 5.56 Å². The van der Waals surface area contributed by atoms with Crippen molar-refractivity contribution in [2.75, 3.05) is 18.9 Å². The van der Waals surface area contributed by atoms with Gasteiger partial charge in [-0.2, -0.15) is 0 Å². The van der Waals surface area contributed by atoms with Crippen molar-refractivity contribution in [2.45, 2.75) is 6.42 Å². The Balaban J connectivity index is 1.83. The summed E-state index contributed by atoms with van der Waals surface area (Å²) in [4.78, 5) is 25.3. The molecule has 0 radical (unpaired) electrons. The van der Waals surface area contributed by atoms with Gasteiger partial charge in [-0.05, 0) is 24.1 Å². The summed E-state index contributed by atoms with van der Waals surface area (Å²) in [6.45, 7) is 0.621. The van der Waals surface area contributed by atoms with Gasteiger partial charge in [0.1, 0.15) is 0 Å². The Hall–Kier alpha value is -2.50. The molecule has 0 fully saturated rings. The highest BCUT2D eigenvalue weighted by atomic mass is 16.2. The van der Waals surface area contributed by atoms with E-state index in [0.717, 1.165) is 12.0 Å². The number of amides is 2. The maximum atomic E-state index is 11.9. The second-order valence-corrected chi connectivity index (χ2v) is 4.05.